The molecule has 2 heterocycles. The number of carbonyl (C=O) groups excluding carboxylic acids is 1. The summed E-state index contributed by atoms with van der Waals surface area (Å²) in [4.78, 5) is 19.8. The van der Waals surface area contributed by atoms with Crippen molar-refractivity contribution in [2.45, 2.75) is 38.1 Å². The number of nitrogens with zero attached hydrogens (tertiary/aromatic N) is 3. The first-order valence-electron chi connectivity index (χ1n) is 11.7. The lowest BCUT2D eigenvalue weighted by Crippen LogP contribution is -2.39. The molecule has 1 fully saturated rings. The minimum absolute atomic E-state index is 0.169. The van der Waals surface area contributed by atoms with Crippen LogP contribution < -0.4 is 0 Å². The minimum atomic E-state index is -0.259. The van der Waals surface area contributed by atoms with Crippen LogP contribution in [0.4, 0.5) is 4.39 Å². The maximum absolute atomic E-state index is 14.1. The summed E-state index contributed by atoms with van der Waals surface area (Å²) in [5.41, 5.74) is 3.83. The van der Waals surface area contributed by atoms with E-state index in [-0.39, 0.29) is 23.7 Å². The highest BCUT2D eigenvalue weighted by atomic mass is 19.1. The molecular formula is C28H28FN3O. The third-order valence-electron chi connectivity index (χ3n) is 6.72. The number of aromatic nitrogens is 2. The van der Waals surface area contributed by atoms with Crippen molar-refractivity contribution in [3.05, 3.63) is 90.2 Å². The van der Waals surface area contributed by atoms with E-state index in [0.29, 0.717) is 19.5 Å². The van der Waals surface area contributed by atoms with Crippen molar-refractivity contribution in [1.82, 2.24) is 14.5 Å². The first kappa shape index (κ1) is 21.4. The number of carbonyl (C=O) groups is 1. The Morgan fingerprint density at radius 2 is 1.67 bits per heavy atom. The van der Waals surface area contributed by atoms with Gasteiger partial charge in [-0.05, 0) is 42.5 Å². The van der Waals surface area contributed by atoms with Crippen LogP contribution in [0.25, 0.3) is 22.4 Å². The van der Waals surface area contributed by atoms with Gasteiger partial charge in [-0.2, -0.15) is 0 Å². The topological polar surface area (TPSA) is 38.1 Å². The van der Waals surface area contributed by atoms with Gasteiger partial charge in [-0.3, -0.25) is 4.79 Å². The van der Waals surface area contributed by atoms with Crippen LogP contribution in [0.2, 0.25) is 0 Å². The molecule has 4 nitrogen and oxygen atoms in total. The van der Waals surface area contributed by atoms with Gasteiger partial charge >= 0.3 is 0 Å². The summed E-state index contributed by atoms with van der Waals surface area (Å²) in [6.07, 6.45) is 2.17. The summed E-state index contributed by atoms with van der Waals surface area (Å²) in [6.45, 7) is 3.51. The van der Waals surface area contributed by atoms with E-state index in [1.807, 2.05) is 53.4 Å². The SMILES string of the molecule is C[C@H](CC(=O)N1CCC(n2c(-c3ccccc3)nc3ccc(F)cc32)CC1)c1ccccc1. The summed E-state index contributed by atoms with van der Waals surface area (Å²) in [7, 11) is 0. The zero-order valence-electron chi connectivity index (χ0n) is 18.8. The van der Waals surface area contributed by atoms with Crippen molar-refractivity contribution in [2.75, 3.05) is 13.1 Å². The number of hydrogen-bond acceptors (Lipinski definition) is 2. The van der Waals surface area contributed by atoms with Crippen molar-refractivity contribution in [2.24, 2.45) is 0 Å². The number of halogens is 1. The second-order valence-electron chi connectivity index (χ2n) is 8.93. The molecule has 0 N–H and O–H groups in total. The molecule has 1 aromatic heterocycles. The van der Waals surface area contributed by atoms with E-state index in [0.717, 1.165) is 35.3 Å². The highest BCUT2D eigenvalue weighted by Gasteiger charge is 2.28. The van der Waals surface area contributed by atoms with Crippen LogP contribution in [0.5, 0.6) is 0 Å². The molecule has 1 aliphatic heterocycles. The Labute approximate surface area is 193 Å². The molecule has 0 spiro atoms. The Hall–Kier alpha value is -3.47. The lowest BCUT2D eigenvalue weighted by molar-refractivity contribution is -0.132. The van der Waals surface area contributed by atoms with Gasteiger partial charge < -0.3 is 9.47 Å². The maximum Gasteiger partial charge on any atom is 0.223 e. The molecule has 33 heavy (non-hydrogen) atoms. The summed E-state index contributed by atoms with van der Waals surface area (Å²) >= 11 is 0. The summed E-state index contributed by atoms with van der Waals surface area (Å²) < 4.78 is 16.3. The van der Waals surface area contributed by atoms with E-state index < -0.39 is 0 Å². The molecule has 1 atom stereocenters. The van der Waals surface area contributed by atoms with E-state index in [9.17, 15) is 9.18 Å². The molecular weight excluding hydrogens is 413 g/mol. The molecule has 3 aromatic carbocycles. The molecule has 0 aliphatic carbocycles. The fraction of sp³-hybridized carbons (Fsp3) is 0.286. The van der Waals surface area contributed by atoms with Crippen LogP contribution in [0.1, 0.15) is 43.7 Å². The number of benzene rings is 3. The standard InChI is InChI=1S/C28H28FN3O/c1-20(21-8-4-2-5-9-21)18-27(33)31-16-14-24(15-17-31)32-26-19-23(29)12-13-25(26)30-28(32)22-10-6-3-7-11-22/h2-13,19-20,24H,14-18H2,1H3/t20-/m1/s1. The Morgan fingerprint density at radius 3 is 2.36 bits per heavy atom. The van der Waals surface area contributed by atoms with Crippen molar-refractivity contribution >= 4 is 16.9 Å². The van der Waals surface area contributed by atoms with Gasteiger partial charge in [0.1, 0.15) is 11.6 Å². The average Bonchev–Trinajstić information content (AvgIpc) is 3.23. The predicted octanol–water partition coefficient (Wildman–Crippen LogP) is 6.20. The van der Waals surface area contributed by atoms with Gasteiger partial charge in [0.15, 0.2) is 0 Å². The molecule has 5 heteroatoms. The lowest BCUT2D eigenvalue weighted by Gasteiger charge is -2.34. The second kappa shape index (κ2) is 9.18. The number of hydrogen-bond donors (Lipinski definition) is 0. The fourth-order valence-corrected chi connectivity index (χ4v) is 4.89. The summed E-state index contributed by atoms with van der Waals surface area (Å²) in [6, 6.07) is 25.2. The zero-order valence-corrected chi connectivity index (χ0v) is 18.8. The minimum Gasteiger partial charge on any atom is -0.343 e. The molecule has 1 aliphatic rings. The van der Waals surface area contributed by atoms with Crippen LogP contribution in [0, 0.1) is 5.82 Å². The van der Waals surface area contributed by atoms with Crippen molar-refractivity contribution in [1.29, 1.82) is 0 Å². The first-order valence-corrected chi connectivity index (χ1v) is 11.7. The van der Waals surface area contributed by atoms with Crippen LogP contribution in [0.3, 0.4) is 0 Å². The number of fused-ring (bicyclic) bond motifs is 1. The highest BCUT2D eigenvalue weighted by Crippen LogP contribution is 2.34. The van der Waals surface area contributed by atoms with Crippen molar-refractivity contribution < 1.29 is 9.18 Å². The number of likely N-dealkylation sites (tertiary alicyclic amines) is 1. The average molecular weight is 442 g/mol. The number of imidazole rings is 1. The van der Waals surface area contributed by atoms with Crippen LogP contribution in [-0.4, -0.2) is 33.4 Å². The van der Waals surface area contributed by atoms with Gasteiger partial charge in [0.25, 0.3) is 0 Å². The largest absolute Gasteiger partial charge is 0.343 e. The van der Waals surface area contributed by atoms with Crippen molar-refractivity contribution in [3.63, 3.8) is 0 Å². The van der Waals surface area contributed by atoms with Gasteiger partial charge in [0.05, 0.1) is 11.0 Å². The van der Waals surface area contributed by atoms with Gasteiger partial charge in [0.2, 0.25) is 5.91 Å². The fourth-order valence-electron chi connectivity index (χ4n) is 4.89. The van der Waals surface area contributed by atoms with Crippen LogP contribution in [0.15, 0.2) is 78.9 Å². The monoisotopic (exact) mass is 441 g/mol. The molecule has 0 radical (unpaired) electrons. The third kappa shape index (κ3) is 4.40. The summed E-state index contributed by atoms with van der Waals surface area (Å²) in [5, 5.41) is 0. The smallest absolute Gasteiger partial charge is 0.223 e. The Kier molecular flexibility index (Phi) is 5.95. The molecule has 0 unspecified atom stereocenters. The lowest BCUT2D eigenvalue weighted by atomic mass is 9.96. The number of rotatable bonds is 5. The Bertz CT molecular complexity index is 1240. The number of amides is 1. The van der Waals surface area contributed by atoms with Gasteiger partial charge in [-0.1, -0.05) is 67.6 Å². The van der Waals surface area contributed by atoms with E-state index in [1.165, 1.54) is 11.6 Å². The van der Waals surface area contributed by atoms with E-state index in [1.54, 1.807) is 12.1 Å². The zero-order chi connectivity index (χ0) is 22.8. The van der Waals surface area contributed by atoms with Gasteiger partial charge in [-0.15, -0.1) is 0 Å². The van der Waals surface area contributed by atoms with Gasteiger partial charge in [0, 0.05) is 31.1 Å². The molecule has 1 amide bonds. The van der Waals surface area contributed by atoms with Crippen molar-refractivity contribution in [3.8, 4) is 11.4 Å². The Balaban J connectivity index is 1.35. The van der Waals surface area contributed by atoms with E-state index >= 15 is 0 Å². The summed E-state index contributed by atoms with van der Waals surface area (Å²) in [5.74, 6) is 1.00. The molecule has 0 saturated carbocycles. The number of piperidine rings is 1. The molecule has 4 aromatic rings. The maximum atomic E-state index is 14.1. The van der Waals surface area contributed by atoms with Crippen LogP contribution in [-0.2, 0) is 4.79 Å². The third-order valence-corrected chi connectivity index (χ3v) is 6.72. The molecule has 1 saturated heterocycles. The molecule has 168 valence electrons. The second-order valence-corrected chi connectivity index (χ2v) is 8.93. The predicted molar refractivity (Wildman–Crippen MR) is 129 cm³/mol. The normalized spacial score (nSPS) is 15.6. The Morgan fingerprint density at radius 1 is 1.00 bits per heavy atom. The highest BCUT2D eigenvalue weighted by molar-refractivity contribution is 5.81. The quantitative estimate of drug-likeness (QED) is 0.370. The van der Waals surface area contributed by atoms with E-state index in [2.05, 4.69) is 23.6 Å². The van der Waals surface area contributed by atoms with Crippen LogP contribution >= 0.6 is 0 Å². The molecule has 5 rings (SSSR count). The van der Waals surface area contributed by atoms with Gasteiger partial charge in [-0.25, -0.2) is 9.37 Å². The molecule has 0 bridgehead atoms. The first-order chi connectivity index (χ1) is 16.1. The van der Waals surface area contributed by atoms with E-state index in [4.69, 9.17) is 4.98 Å².